The third kappa shape index (κ3) is 3.64. The van der Waals surface area contributed by atoms with Crippen molar-refractivity contribution in [1.29, 1.82) is 0 Å². The van der Waals surface area contributed by atoms with Crippen molar-refractivity contribution >= 4 is 5.91 Å². The van der Waals surface area contributed by atoms with Crippen LogP contribution in [0.2, 0.25) is 0 Å². The van der Waals surface area contributed by atoms with Gasteiger partial charge in [-0.3, -0.25) is 4.79 Å². The molecule has 0 unspecified atom stereocenters. The first kappa shape index (κ1) is 18.2. The SMILES string of the molecule is COC[C@@]12COC[C@@H]1CN(C(=O)CC(c1ccccc1)c1ccccc1)C2. The number of methoxy groups -OCH3 is 1. The molecule has 4 rings (SSSR count). The normalized spacial score (nSPS) is 24.4. The summed E-state index contributed by atoms with van der Waals surface area (Å²) in [6, 6.07) is 20.7. The number of fused-ring (bicyclic) bond motifs is 1. The third-order valence-corrected chi connectivity index (χ3v) is 6.09. The number of benzene rings is 2. The summed E-state index contributed by atoms with van der Waals surface area (Å²) in [5.41, 5.74) is 2.34. The van der Waals surface area contributed by atoms with Crippen LogP contribution in [0.25, 0.3) is 0 Å². The van der Waals surface area contributed by atoms with E-state index in [9.17, 15) is 4.79 Å². The molecule has 0 saturated carbocycles. The monoisotopic (exact) mass is 365 g/mol. The van der Waals surface area contributed by atoms with E-state index in [2.05, 4.69) is 24.3 Å². The van der Waals surface area contributed by atoms with Crippen molar-refractivity contribution in [3.63, 3.8) is 0 Å². The second-order valence-electron chi connectivity index (χ2n) is 7.86. The topological polar surface area (TPSA) is 38.8 Å². The minimum Gasteiger partial charge on any atom is -0.384 e. The lowest BCUT2D eigenvalue weighted by Gasteiger charge is -2.27. The molecule has 0 radical (unpaired) electrons. The van der Waals surface area contributed by atoms with Crippen LogP contribution in [0.5, 0.6) is 0 Å². The Labute approximate surface area is 161 Å². The Kier molecular flexibility index (Phi) is 5.28. The van der Waals surface area contributed by atoms with Gasteiger partial charge >= 0.3 is 0 Å². The van der Waals surface area contributed by atoms with Crippen molar-refractivity contribution < 1.29 is 14.3 Å². The molecule has 0 spiro atoms. The predicted molar refractivity (Wildman–Crippen MR) is 105 cm³/mol. The molecule has 1 amide bonds. The molecule has 2 saturated heterocycles. The summed E-state index contributed by atoms with van der Waals surface area (Å²) in [6.07, 6.45) is 0.491. The number of carbonyl (C=O) groups is 1. The Morgan fingerprint density at radius 1 is 1.15 bits per heavy atom. The molecule has 4 nitrogen and oxygen atoms in total. The van der Waals surface area contributed by atoms with Gasteiger partial charge in [-0.2, -0.15) is 0 Å². The fourth-order valence-electron chi connectivity index (χ4n) is 4.62. The van der Waals surface area contributed by atoms with E-state index in [1.165, 1.54) is 11.1 Å². The molecule has 27 heavy (non-hydrogen) atoms. The molecule has 2 heterocycles. The van der Waals surface area contributed by atoms with Crippen molar-refractivity contribution in [2.75, 3.05) is 40.0 Å². The maximum absolute atomic E-state index is 13.2. The molecular formula is C23H27NO3. The molecule has 0 N–H and O–H groups in total. The number of carbonyl (C=O) groups excluding carboxylic acids is 1. The van der Waals surface area contributed by atoms with Crippen molar-refractivity contribution in [3.05, 3.63) is 71.8 Å². The molecule has 0 aromatic heterocycles. The van der Waals surface area contributed by atoms with Crippen molar-refractivity contribution in [2.24, 2.45) is 11.3 Å². The average molecular weight is 365 g/mol. The van der Waals surface area contributed by atoms with E-state index in [1.807, 2.05) is 41.3 Å². The zero-order valence-electron chi connectivity index (χ0n) is 15.8. The van der Waals surface area contributed by atoms with E-state index in [1.54, 1.807) is 7.11 Å². The zero-order chi connectivity index (χ0) is 18.7. The van der Waals surface area contributed by atoms with E-state index in [0.717, 1.165) is 19.7 Å². The number of nitrogens with zero attached hydrogens (tertiary/aromatic N) is 1. The van der Waals surface area contributed by atoms with Crippen LogP contribution >= 0.6 is 0 Å². The number of hydrogen-bond donors (Lipinski definition) is 0. The van der Waals surface area contributed by atoms with Gasteiger partial charge in [0.25, 0.3) is 0 Å². The molecular weight excluding hydrogens is 338 g/mol. The Hall–Kier alpha value is -2.17. The number of hydrogen-bond acceptors (Lipinski definition) is 3. The minimum absolute atomic E-state index is 0.0284. The Balaban J connectivity index is 1.53. The Morgan fingerprint density at radius 3 is 2.37 bits per heavy atom. The van der Waals surface area contributed by atoms with Crippen molar-refractivity contribution in [3.8, 4) is 0 Å². The Bertz CT molecular complexity index is 724. The van der Waals surface area contributed by atoms with Gasteiger partial charge in [-0.05, 0) is 11.1 Å². The van der Waals surface area contributed by atoms with E-state index in [-0.39, 0.29) is 17.2 Å². The molecule has 2 atom stereocenters. The summed E-state index contributed by atoms with van der Waals surface area (Å²) >= 11 is 0. The number of ether oxygens (including phenoxy) is 2. The molecule has 142 valence electrons. The van der Waals surface area contributed by atoms with Gasteiger partial charge in [-0.25, -0.2) is 0 Å². The smallest absolute Gasteiger partial charge is 0.223 e. The molecule has 2 aliphatic heterocycles. The van der Waals surface area contributed by atoms with Gasteiger partial charge in [0, 0.05) is 43.9 Å². The summed E-state index contributed by atoms with van der Waals surface area (Å²) in [5, 5.41) is 0. The molecule has 4 heteroatoms. The first-order chi connectivity index (χ1) is 13.2. The summed E-state index contributed by atoms with van der Waals surface area (Å²) < 4.78 is 11.2. The van der Waals surface area contributed by atoms with E-state index in [4.69, 9.17) is 9.47 Å². The van der Waals surface area contributed by atoms with Gasteiger partial charge in [-0.1, -0.05) is 60.7 Å². The van der Waals surface area contributed by atoms with Gasteiger partial charge in [0.1, 0.15) is 0 Å². The van der Waals surface area contributed by atoms with Crippen LogP contribution in [0.1, 0.15) is 23.5 Å². The van der Waals surface area contributed by atoms with Gasteiger partial charge in [-0.15, -0.1) is 0 Å². The third-order valence-electron chi connectivity index (χ3n) is 6.09. The molecule has 2 fully saturated rings. The quantitative estimate of drug-likeness (QED) is 0.788. The van der Waals surface area contributed by atoms with Crippen LogP contribution in [0, 0.1) is 11.3 Å². The van der Waals surface area contributed by atoms with Crippen LogP contribution in [0.3, 0.4) is 0 Å². The summed E-state index contributed by atoms with van der Waals surface area (Å²) in [6.45, 7) is 3.59. The molecule has 0 aliphatic carbocycles. The lowest BCUT2D eigenvalue weighted by Crippen LogP contribution is -2.37. The van der Waals surface area contributed by atoms with Crippen molar-refractivity contribution in [1.82, 2.24) is 4.90 Å². The van der Waals surface area contributed by atoms with Crippen LogP contribution in [-0.2, 0) is 14.3 Å². The van der Waals surface area contributed by atoms with E-state index >= 15 is 0 Å². The van der Waals surface area contributed by atoms with Crippen LogP contribution in [0.4, 0.5) is 0 Å². The van der Waals surface area contributed by atoms with Gasteiger partial charge in [0.05, 0.1) is 19.8 Å². The number of likely N-dealkylation sites (tertiary alicyclic amines) is 1. The summed E-state index contributed by atoms with van der Waals surface area (Å²) in [7, 11) is 1.73. The second-order valence-corrected chi connectivity index (χ2v) is 7.86. The molecule has 2 aromatic carbocycles. The molecule has 2 aromatic rings. The summed E-state index contributed by atoms with van der Waals surface area (Å²) in [5.74, 6) is 0.681. The average Bonchev–Trinajstić information content (AvgIpc) is 3.25. The fourth-order valence-corrected chi connectivity index (χ4v) is 4.62. The molecule has 0 bridgehead atoms. The largest absolute Gasteiger partial charge is 0.384 e. The van der Waals surface area contributed by atoms with Gasteiger partial charge in [0.2, 0.25) is 5.91 Å². The molecule has 2 aliphatic rings. The lowest BCUT2D eigenvalue weighted by atomic mass is 9.82. The Morgan fingerprint density at radius 2 is 1.78 bits per heavy atom. The van der Waals surface area contributed by atoms with Crippen molar-refractivity contribution in [2.45, 2.75) is 12.3 Å². The van der Waals surface area contributed by atoms with Crippen LogP contribution in [-0.4, -0.2) is 50.8 Å². The highest BCUT2D eigenvalue weighted by Gasteiger charge is 2.51. The first-order valence-electron chi connectivity index (χ1n) is 9.66. The van der Waals surface area contributed by atoms with E-state index < -0.39 is 0 Å². The van der Waals surface area contributed by atoms with Crippen LogP contribution < -0.4 is 0 Å². The maximum atomic E-state index is 13.2. The highest BCUT2D eigenvalue weighted by Crippen LogP contribution is 2.42. The fraction of sp³-hybridized carbons (Fsp3) is 0.435. The number of amides is 1. The lowest BCUT2D eigenvalue weighted by molar-refractivity contribution is -0.131. The minimum atomic E-state index is -0.0284. The highest BCUT2D eigenvalue weighted by atomic mass is 16.5. The number of rotatable bonds is 6. The van der Waals surface area contributed by atoms with E-state index in [0.29, 0.717) is 25.6 Å². The predicted octanol–water partition coefficient (Wildman–Crippen LogP) is 3.33. The van der Waals surface area contributed by atoms with Gasteiger partial charge in [0.15, 0.2) is 0 Å². The standard InChI is InChI=1S/C23H27NO3/c1-26-16-23-15-24(13-20(23)14-27-17-23)22(25)12-21(18-8-4-2-5-9-18)19-10-6-3-7-11-19/h2-11,20-21H,12-17H2,1H3/t20-,23-/m0/s1. The maximum Gasteiger partial charge on any atom is 0.223 e. The van der Waals surface area contributed by atoms with Crippen LogP contribution in [0.15, 0.2) is 60.7 Å². The highest BCUT2D eigenvalue weighted by molar-refractivity contribution is 5.78. The first-order valence-corrected chi connectivity index (χ1v) is 9.66. The van der Waals surface area contributed by atoms with Gasteiger partial charge < -0.3 is 14.4 Å². The zero-order valence-corrected chi connectivity index (χ0v) is 15.8. The second kappa shape index (κ2) is 7.83. The summed E-state index contributed by atoms with van der Waals surface area (Å²) in [4.78, 5) is 15.3.